The van der Waals surface area contributed by atoms with E-state index < -0.39 is 5.54 Å². The second-order valence-corrected chi connectivity index (χ2v) is 11.5. The second-order valence-electron chi connectivity index (χ2n) is 11.5. The number of nitrogens with zero attached hydrogens (tertiary/aromatic N) is 6. The van der Waals surface area contributed by atoms with Gasteiger partial charge in [-0.05, 0) is 59.8 Å². The van der Waals surface area contributed by atoms with Crippen LogP contribution in [0.2, 0.25) is 0 Å². The number of hydrogen-bond donors (Lipinski definition) is 2. The SMILES string of the molecule is CC(C)CC(C)N(CCN1CC(C)(C)NC(C)(C)C1=O)c1n[c]nc(N2CCCCCCN2)n1. The maximum Gasteiger partial charge on any atom is 0.245 e. The normalized spacial score (nSPS) is 21.8. The lowest BCUT2D eigenvalue weighted by molar-refractivity contribution is -0.143. The quantitative estimate of drug-likeness (QED) is 0.596. The molecule has 1 atom stereocenters. The van der Waals surface area contributed by atoms with Crippen LogP contribution in [0.5, 0.6) is 0 Å². The van der Waals surface area contributed by atoms with E-state index >= 15 is 0 Å². The second kappa shape index (κ2) is 11.2. The van der Waals surface area contributed by atoms with E-state index in [0.29, 0.717) is 37.4 Å². The molecule has 1 radical (unpaired) electrons. The highest BCUT2D eigenvalue weighted by molar-refractivity contribution is 5.86. The Labute approximate surface area is 206 Å². The molecule has 2 aliphatic rings. The van der Waals surface area contributed by atoms with Gasteiger partial charge in [0.2, 0.25) is 24.1 Å². The zero-order chi connectivity index (χ0) is 24.9. The van der Waals surface area contributed by atoms with Crippen molar-refractivity contribution in [2.24, 2.45) is 5.92 Å². The van der Waals surface area contributed by atoms with E-state index in [1.54, 1.807) is 0 Å². The zero-order valence-electron chi connectivity index (χ0n) is 22.3. The van der Waals surface area contributed by atoms with Crippen LogP contribution in [0, 0.1) is 12.2 Å². The highest BCUT2D eigenvalue weighted by Gasteiger charge is 2.43. The van der Waals surface area contributed by atoms with Gasteiger partial charge in [0, 0.05) is 44.3 Å². The van der Waals surface area contributed by atoms with Crippen molar-refractivity contribution < 1.29 is 4.79 Å². The van der Waals surface area contributed by atoms with Gasteiger partial charge < -0.3 is 9.80 Å². The fourth-order valence-corrected chi connectivity index (χ4v) is 5.33. The first kappa shape index (κ1) is 26.6. The third kappa shape index (κ3) is 7.01. The molecule has 3 rings (SSSR count). The van der Waals surface area contributed by atoms with E-state index in [1.807, 2.05) is 23.8 Å². The predicted molar refractivity (Wildman–Crippen MR) is 137 cm³/mol. The number of hydrazine groups is 1. The van der Waals surface area contributed by atoms with Gasteiger partial charge in [-0.1, -0.05) is 26.7 Å². The van der Waals surface area contributed by atoms with Gasteiger partial charge in [-0.3, -0.25) is 15.1 Å². The van der Waals surface area contributed by atoms with Crippen molar-refractivity contribution in [3.63, 3.8) is 0 Å². The Kier molecular flexibility index (Phi) is 8.73. The van der Waals surface area contributed by atoms with Crippen LogP contribution < -0.4 is 20.7 Å². The molecule has 191 valence electrons. The molecule has 9 nitrogen and oxygen atoms in total. The van der Waals surface area contributed by atoms with Crippen molar-refractivity contribution in [1.29, 1.82) is 0 Å². The molecule has 3 heterocycles. The molecule has 2 N–H and O–H groups in total. The van der Waals surface area contributed by atoms with Crippen molar-refractivity contribution in [3.05, 3.63) is 6.33 Å². The van der Waals surface area contributed by atoms with Crippen LogP contribution >= 0.6 is 0 Å². The lowest BCUT2D eigenvalue weighted by Crippen LogP contribution is -2.70. The summed E-state index contributed by atoms with van der Waals surface area (Å²) in [7, 11) is 0. The van der Waals surface area contributed by atoms with Crippen LogP contribution in [0.3, 0.4) is 0 Å². The van der Waals surface area contributed by atoms with Crippen molar-refractivity contribution in [2.45, 2.75) is 97.7 Å². The van der Waals surface area contributed by atoms with Crippen LogP contribution in [-0.4, -0.2) is 75.6 Å². The topological polar surface area (TPSA) is 89.5 Å². The molecule has 1 aromatic rings. The highest BCUT2D eigenvalue weighted by atomic mass is 16.2. The van der Waals surface area contributed by atoms with E-state index in [-0.39, 0.29) is 17.5 Å². The molecule has 2 saturated heterocycles. The zero-order valence-corrected chi connectivity index (χ0v) is 22.3. The fraction of sp³-hybridized carbons (Fsp3) is 0.840. The number of amides is 1. The Morgan fingerprint density at radius 3 is 2.56 bits per heavy atom. The largest absolute Gasteiger partial charge is 0.338 e. The number of hydrogen-bond acceptors (Lipinski definition) is 8. The summed E-state index contributed by atoms with van der Waals surface area (Å²) >= 11 is 0. The Morgan fingerprint density at radius 1 is 1.09 bits per heavy atom. The standard InChI is InChI=1S/C25H45N8O/c1-19(2)16-20(3)32(15-14-31-17-24(4,5)30-25(6,7)21(31)34)22-26-18-27-23(29-22)33-13-11-9-8-10-12-28-33/h19-20,28,30H,8-17H2,1-7H3. The number of piperazine rings is 1. The predicted octanol–water partition coefficient (Wildman–Crippen LogP) is 2.79. The molecule has 9 heteroatoms. The first-order chi connectivity index (χ1) is 16.0. The fourth-order valence-electron chi connectivity index (χ4n) is 5.33. The summed E-state index contributed by atoms with van der Waals surface area (Å²) in [5.74, 6) is 1.92. The minimum Gasteiger partial charge on any atom is -0.338 e. The van der Waals surface area contributed by atoms with Gasteiger partial charge in [-0.25, -0.2) is 5.43 Å². The molecule has 1 amide bonds. The molecule has 2 fully saturated rings. The van der Waals surface area contributed by atoms with Crippen molar-refractivity contribution in [1.82, 2.24) is 30.6 Å². The van der Waals surface area contributed by atoms with Crippen LogP contribution in [0.4, 0.5) is 11.9 Å². The number of carbonyl (C=O) groups excluding carboxylic acids is 1. The summed E-state index contributed by atoms with van der Waals surface area (Å²) in [5, 5.41) is 5.52. The van der Waals surface area contributed by atoms with Gasteiger partial charge >= 0.3 is 0 Å². The number of aromatic nitrogens is 3. The maximum absolute atomic E-state index is 13.1. The number of anilines is 2. The van der Waals surface area contributed by atoms with Crippen molar-refractivity contribution in [3.8, 4) is 0 Å². The molecule has 34 heavy (non-hydrogen) atoms. The molecule has 0 spiro atoms. The van der Waals surface area contributed by atoms with Crippen LogP contribution in [-0.2, 0) is 4.79 Å². The van der Waals surface area contributed by atoms with Gasteiger partial charge in [0.05, 0.1) is 5.54 Å². The van der Waals surface area contributed by atoms with E-state index in [1.165, 1.54) is 12.8 Å². The van der Waals surface area contributed by atoms with E-state index in [4.69, 9.17) is 4.98 Å². The summed E-state index contributed by atoms with van der Waals surface area (Å²) in [6.07, 6.45) is 8.60. The first-order valence-corrected chi connectivity index (χ1v) is 13.0. The Balaban J connectivity index is 1.80. The average molecular weight is 474 g/mol. The maximum atomic E-state index is 13.1. The highest BCUT2D eigenvalue weighted by Crippen LogP contribution is 2.24. The van der Waals surface area contributed by atoms with E-state index in [0.717, 1.165) is 32.4 Å². The Bertz CT molecular complexity index is 804. The van der Waals surface area contributed by atoms with Gasteiger partial charge in [0.1, 0.15) is 0 Å². The van der Waals surface area contributed by atoms with Gasteiger partial charge in [-0.15, -0.1) is 0 Å². The third-order valence-corrected chi connectivity index (χ3v) is 6.62. The van der Waals surface area contributed by atoms with Crippen LogP contribution in [0.25, 0.3) is 0 Å². The summed E-state index contributed by atoms with van der Waals surface area (Å²) < 4.78 is 0. The van der Waals surface area contributed by atoms with Crippen molar-refractivity contribution in [2.75, 3.05) is 42.6 Å². The summed E-state index contributed by atoms with van der Waals surface area (Å²) in [6, 6.07) is 0.225. The Hall–Kier alpha value is -2.00. The summed E-state index contributed by atoms with van der Waals surface area (Å²) in [6.45, 7) is 18.7. The molecule has 0 aliphatic carbocycles. The van der Waals surface area contributed by atoms with Crippen LogP contribution in [0.1, 0.15) is 80.6 Å². The number of rotatable bonds is 8. The van der Waals surface area contributed by atoms with Gasteiger partial charge in [0.25, 0.3) is 0 Å². The minimum absolute atomic E-state index is 0.135. The number of nitrogens with one attached hydrogen (secondary N) is 2. The van der Waals surface area contributed by atoms with Gasteiger partial charge in [0.15, 0.2) is 0 Å². The molecular formula is C25H45N8O. The molecule has 1 unspecified atom stereocenters. The lowest BCUT2D eigenvalue weighted by Gasteiger charge is -2.47. The molecule has 1 aromatic heterocycles. The molecule has 0 bridgehead atoms. The molecular weight excluding hydrogens is 428 g/mol. The van der Waals surface area contributed by atoms with Gasteiger partial charge in [-0.2, -0.15) is 15.0 Å². The molecule has 0 aromatic carbocycles. The monoisotopic (exact) mass is 473 g/mol. The van der Waals surface area contributed by atoms with Crippen molar-refractivity contribution >= 4 is 17.8 Å². The minimum atomic E-state index is -0.582. The summed E-state index contributed by atoms with van der Waals surface area (Å²) in [5.41, 5.74) is 2.73. The van der Waals surface area contributed by atoms with E-state index in [9.17, 15) is 4.79 Å². The number of carbonyl (C=O) groups is 1. The third-order valence-electron chi connectivity index (χ3n) is 6.62. The molecule has 0 saturated carbocycles. The average Bonchev–Trinajstić information content (AvgIpc) is 2.70. The first-order valence-electron chi connectivity index (χ1n) is 13.0. The van der Waals surface area contributed by atoms with Crippen LogP contribution in [0.15, 0.2) is 0 Å². The Morgan fingerprint density at radius 2 is 1.82 bits per heavy atom. The summed E-state index contributed by atoms with van der Waals surface area (Å²) in [4.78, 5) is 31.0. The lowest BCUT2D eigenvalue weighted by atomic mass is 9.90. The smallest absolute Gasteiger partial charge is 0.245 e. The molecule has 2 aliphatic heterocycles. The van der Waals surface area contributed by atoms with E-state index in [2.05, 4.69) is 66.6 Å².